The van der Waals surface area contributed by atoms with Gasteiger partial charge in [0.25, 0.3) is 0 Å². The van der Waals surface area contributed by atoms with Gasteiger partial charge in [-0.1, -0.05) is 40.0 Å². The maximum atomic E-state index is 10.2. The first-order valence-electron chi connectivity index (χ1n) is 5.51. The van der Waals surface area contributed by atoms with Gasteiger partial charge in [0.15, 0.2) is 0 Å². The Morgan fingerprint density at radius 3 is 1.71 bits per heavy atom. The lowest BCUT2D eigenvalue weighted by atomic mass is 9.85. The van der Waals surface area contributed by atoms with Gasteiger partial charge in [-0.25, -0.2) is 0 Å². The molecule has 0 bridgehead atoms. The number of hydrogen-bond acceptors (Lipinski definition) is 3. The lowest BCUT2D eigenvalue weighted by molar-refractivity contribution is -0.0895. The second-order valence-corrected chi connectivity index (χ2v) is 3.91. The minimum Gasteiger partial charge on any atom is -0.390 e. The predicted octanol–water partition coefficient (Wildman–Crippen LogP) is 2.64. The normalized spacial score (nSPS) is 13.5. The van der Waals surface area contributed by atoms with Gasteiger partial charge in [-0.05, 0) is 19.3 Å². The average Bonchev–Trinajstić information content (AvgIpc) is 2.05. The molecular formula is C11H27NO2. The quantitative estimate of drug-likeness (QED) is 0.598. The maximum absolute atomic E-state index is 10.2. The Bertz CT molecular complexity index is 122. The SMILES string of the molecule is CCCC(O)C(O)(CCC)CCC.N. The van der Waals surface area contributed by atoms with Crippen molar-refractivity contribution in [1.82, 2.24) is 6.15 Å². The van der Waals surface area contributed by atoms with E-state index < -0.39 is 11.7 Å². The number of aliphatic hydroxyl groups excluding tert-OH is 1. The highest BCUT2D eigenvalue weighted by atomic mass is 16.3. The second kappa shape index (κ2) is 8.21. The van der Waals surface area contributed by atoms with Gasteiger partial charge in [0.2, 0.25) is 0 Å². The van der Waals surface area contributed by atoms with Crippen molar-refractivity contribution in [2.45, 2.75) is 71.0 Å². The van der Waals surface area contributed by atoms with Crippen molar-refractivity contribution in [2.24, 2.45) is 0 Å². The van der Waals surface area contributed by atoms with E-state index in [1.54, 1.807) is 0 Å². The maximum Gasteiger partial charge on any atom is 0.0905 e. The molecule has 0 aliphatic rings. The molecule has 0 saturated carbocycles. The van der Waals surface area contributed by atoms with E-state index in [0.717, 1.165) is 19.3 Å². The topological polar surface area (TPSA) is 75.5 Å². The van der Waals surface area contributed by atoms with E-state index in [4.69, 9.17) is 0 Å². The summed E-state index contributed by atoms with van der Waals surface area (Å²) in [5.41, 5.74) is -0.834. The van der Waals surface area contributed by atoms with Crippen LogP contribution in [0.15, 0.2) is 0 Å². The molecular weight excluding hydrogens is 178 g/mol. The van der Waals surface area contributed by atoms with Crippen LogP contribution in [-0.2, 0) is 0 Å². The summed E-state index contributed by atoms with van der Waals surface area (Å²) in [4.78, 5) is 0. The third kappa shape index (κ3) is 4.94. The molecule has 0 rings (SSSR count). The van der Waals surface area contributed by atoms with E-state index in [9.17, 15) is 10.2 Å². The Hall–Kier alpha value is -0.120. The van der Waals surface area contributed by atoms with E-state index in [2.05, 4.69) is 0 Å². The van der Waals surface area contributed by atoms with Gasteiger partial charge in [0.1, 0.15) is 0 Å². The van der Waals surface area contributed by atoms with Crippen LogP contribution in [0.3, 0.4) is 0 Å². The molecule has 0 aromatic carbocycles. The molecule has 1 atom stereocenters. The summed E-state index contributed by atoms with van der Waals surface area (Å²) >= 11 is 0. The van der Waals surface area contributed by atoms with Gasteiger partial charge in [-0.15, -0.1) is 0 Å². The summed E-state index contributed by atoms with van der Waals surface area (Å²) in [5, 5.41) is 19.9. The summed E-state index contributed by atoms with van der Waals surface area (Å²) in [6.45, 7) is 6.11. The zero-order chi connectivity index (χ0) is 10.3. The van der Waals surface area contributed by atoms with Crippen molar-refractivity contribution in [2.75, 3.05) is 0 Å². The van der Waals surface area contributed by atoms with Gasteiger partial charge >= 0.3 is 0 Å². The smallest absolute Gasteiger partial charge is 0.0905 e. The van der Waals surface area contributed by atoms with Crippen LogP contribution < -0.4 is 6.15 Å². The molecule has 14 heavy (non-hydrogen) atoms. The van der Waals surface area contributed by atoms with Crippen LogP contribution in [0.1, 0.15) is 59.3 Å². The van der Waals surface area contributed by atoms with E-state index in [1.165, 1.54) is 0 Å². The van der Waals surface area contributed by atoms with Crippen molar-refractivity contribution in [3.63, 3.8) is 0 Å². The molecule has 0 heterocycles. The van der Waals surface area contributed by atoms with Crippen molar-refractivity contribution in [3.05, 3.63) is 0 Å². The van der Waals surface area contributed by atoms with Crippen LogP contribution in [0.5, 0.6) is 0 Å². The lowest BCUT2D eigenvalue weighted by Crippen LogP contribution is -2.42. The largest absolute Gasteiger partial charge is 0.390 e. The van der Waals surface area contributed by atoms with Gasteiger partial charge in [0, 0.05) is 0 Å². The Balaban J connectivity index is 0. The van der Waals surface area contributed by atoms with Crippen molar-refractivity contribution >= 4 is 0 Å². The van der Waals surface area contributed by atoms with Crippen molar-refractivity contribution in [1.29, 1.82) is 0 Å². The zero-order valence-corrected chi connectivity index (χ0v) is 9.92. The summed E-state index contributed by atoms with van der Waals surface area (Å²) in [7, 11) is 0. The standard InChI is InChI=1S/C11H24O2.H3N/c1-4-7-10(12)11(13,8-5-2)9-6-3;/h10,12-13H,4-9H2,1-3H3;1H3. The molecule has 0 aliphatic heterocycles. The summed E-state index contributed by atoms with van der Waals surface area (Å²) in [6.07, 6.45) is 4.36. The first kappa shape index (κ1) is 16.3. The molecule has 0 fully saturated rings. The molecule has 0 saturated heterocycles. The minimum absolute atomic E-state index is 0. The minimum atomic E-state index is -0.834. The zero-order valence-electron chi connectivity index (χ0n) is 9.92. The van der Waals surface area contributed by atoms with Crippen LogP contribution in [0, 0.1) is 0 Å². The molecule has 0 spiro atoms. The van der Waals surface area contributed by atoms with E-state index >= 15 is 0 Å². The monoisotopic (exact) mass is 205 g/mol. The molecule has 0 aliphatic carbocycles. The summed E-state index contributed by atoms with van der Waals surface area (Å²) in [5.74, 6) is 0. The molecule has 5 N–H and O–H groups in total. The molecule has 88 valence electrons. The first-order chi connectivity index (χ1) is 6.10. The molecule has 0 aromatic heterocycles. The van der Waals surface area contributed by atoms with Gasteiger partial charge in [-0.3, -0.25) is 0 Å². The highest BCUT2D eigenvalue weighted by molar-refractivity contribution is 4.85. The van der Waals surface area contributed by atoms with Crippen molar-refractivity contribution < 1.29 is 10.2 Å². The average molecular weight is 205 g/mol. The number of rotatable bonds is 7. The number of hydrogen-bond donors (Lipinski definition) is 3. The van der Waals surface area contributed by atoms with Crippen LogP contribution in [0.4, 0.5) is 0 Å². The molecule has 1 unspecified atom stereocenters. The third-order valence-electron chi connectivity index (χ3n) is 2.55. The van der Waals surface area contributed by atoms with Crippen LogP contribution in [0.25, 0.3) is 0 Å². The fourth-order valence-corrected chi connectivity index (χ4v) is 1.87. The third-order valence-corrected chi connectivity index (χ3v) is 2.55. The van der Waals surface area contributed by atoms with Gasteiger partial charge < -0.3 is 16.4 Å². The van der Waals surface area contributed by atoms with Crippen molar-refractivity contribution in [3.8, 4) is 0 Å². The highest BCUT2D eigenvalue weighted by Crippen LogP contribution is 2.26. The van der Waals surface area contributed by atoms with Gasteiger partial charge in [-0.2, -0.15) is 0 Å². The van der Waals surface area contributed by atoms with Crippen LogP contribution >= 0.6 is 0 Å². The first-order valence-corrected chi connectivity index (χ1v) is 5.51. The summed E-state index contributed by atoms with van der Waals surface area (Å²) < 4.78 is 0. The Morgan fingerprint density at radius 1 is 1.00 bits per heavy atom. The second-order valence-electron chi connectivity index (χ2n) is 3.91. The fourth-order valence-electron chi connectivity index (χ4n) is 1.87. The van der Waals surface area contributed by atoms with Crippen LogP contribution in [0.2, 0.25) is 0 Å². The van der Waals surface area contributed by atoms with E-state index in [0.29, 0.717) is 19.3 Å². The Morgan fingerprint density at radius 2 is 1.43 bits per heavy atom. The van der Waals surface area contributed by atoms with E-state index in [1.807, 2.05) is 20.8 Å². The highest BCUT2D eigenvalue weighted by Gasteiger charge is 2.32. The van der Waals surface area contributed by atoms with Gasteiger partial charge in [0.05, 0.1) is 11.7 Å². The lowest BCUT2D eigenvalue weighted by Gasteiger charge is -2.32. The molecule has 0 radical (unpaired) electrons. The molecule has 3 nitrogen and oxygen atoms in total. The Labute approximate surface area is 88.1 Å². The van der Waals surface area contributed by atoms with Crippen LogP contribution in [-0.4, -0.2) is 21.9 Å². The number of aliphatic hydroxyl groups is 2. The molecule has 0 aromatic rings. The summed E-state index contributed by atoms with van der Waals surface area (Å²) in [6, 6.07) is 0. The Kier molecular flexibility index (Phi) is 9.57. The molecule has 0 amide bonds. The van der Waals surface area contributed by atoms with E-state index in [-0.39, 0.29) is 6.15 Å². The fraction of sp³-hybridized carbons (Fsp3) is 1.00. The molecule has 3 heteroatoms. The predicted molar refractivity (Wildman–Crippen MR) is 60.7 cm³/mol.